The smallest absolute Gasteiger partial charge is 0.387 e. The summed E-state index contributed by atoms with van der Waals surface area (Å²) in [6, 6.07) is 10.4. The van der Waals surface area contributed by atoms with Gasteiger partial charge in [0.2, 0.25) is 11.8 Å². The summed E-state index contributed by atoms with van der Waals surface area (Å²) in [7, 11) is -4.05. The van der Waals surface area contributed by atoms with Gasteiger partial charge in [0.25, 0.3) is 0 Å². The number of hydrogen-bond donors (Lipinski definition) is 1. The zero-order valence-corrected chi connectivity index (χ0v) is 27.3. The molecule has 2 aromatic rings. The molecule has 13 heteroatoms. The molecule has 2 aliphatic heterocycles. The highest BCUT2D eigenvalue weighted by molar-refractivity contribution is 7.92. The van der Waals surface area contributed by atoms with Crippen LogP contribution in [-0.2, 0) is 30.3 Å². The Kier molecular flexibility index (Phi) is 9.70. The number of carbonyl (C=O) groups excluding carboxylic acids is 2. The summed E-state index contributed by atoms with van der Waals surface area (Å²) in [5.41, 5.74) is 1.33. The number of benzene rings is 2. The SMILES string of the molecule is CN(C(=O)Cc1ccc2c(c1)NC(=O)CS2(=O)=O)[C@H](CN1CC[C@H](O[Si](C)(C)C(C)(C)C)C1)c1cccc(OC(F)F)c1. The number of carbonyl (C=O) groups is 2. The van der Waals surface area contributed by atoms with Gasteiger partial charge in [-0.25, -0.2) is 8.42 Å². The monoisotopic (exact) mass is 637 g/mol. The first-order chi connectivity index (χ1) is 19.9. The number of anilines is 1. The summed E-state index contributed by atoms with van der Waals surface area (Å²) in [6.07, 6.45) is 0.869. The molecule has 2 heterocycles. The Morgan fingerprint density at radius 3 is 2.58 bits per heavy atom. The number of nitrogens with one attached hydrogen (secondary N) is 1. The third-order valence-corrected chi connectivity index (χ3v) is 14.8. The van der Waals surface area contributed by atoms with Gasteiger partial charge in [0.05, 0.1) is 29.1 Å². The van der Waals surface area contributed by atoms with E-state index in [0.717, 1.165) is 13.0 Å². The molecule has 43 heavy (non-hydrogen) atoms. The number of hydrogen-bond acceptors (Lipinski definition) is 7. The fourth-order valence-electron chi connectivity index (χ4n) is 5.21. The van der Waals surface area contributed by atoms with Gasteiger partial charge >= 0.3 is 6.61 Å². The number of likely N-dealkylation sites (tertiary alicyclic amines) is 1. The first-order valence-corrected chi connectivity index (χ1v) is 18.9. The second-order valence-corrected chi connectivity index (χ2v) is 19.5. The van der Waals surface area contributed by atoms with Crippen LogP contribution in [0.3, 0.4) is 0 Å². The minimum absolute atomic E-state index is 0.00513. The predicted molar refractivity (Wildman–Crippen MR) is 163 cm³/mol. The van der Waals surface area contributed by atoms with Crippen molar-refractivity contribution < 1.29 is 36.0 Å². The maximum absolute atomic E-state index is 13.6. The number of amides is 2. The minimum Gasteiger partial charge on any atom is -0.435 e. The largest absolute Gasteiger partial charge is 0.435 e. The van der Waals surface area contributed by atoms with Crippen molar-refractivity contribution >= 4 is 35.7 Å². The summed E-state index contributed by atoms with van der Waals surface area (Å²) < 4.78 is 62.0. The zero-order valence-electron chi connectivity index (χ0n) is 25.5. The van der Waals surface area contributed by atoms with Gasteiger partial charge in [0, 0.05) is 26.7 Å². The molecule has 0 aliphatic carbocycles. The van der Waals surface area contributed by atoms with Crippen molar-refractivity contribution in [3.05, 3.63) is 53.6 Å². The highest BCUT2D eigenvalue weighted by Crippen LogP contribution is 2.38. The fourth-order valence-corrected chi connectivity index (χ4v) is 7.88. The van der Waals surface area contributed by atoms with E-state index in [1.54, 1.807) is 30.1 Å². The summed E-state index contributed by atoms with van der Waals surface area (Å²) in [5, 5.41) is 2.65. The quantitative estimate of drug-likeness (QED) is 0.372. The topological polar surface area (TPSA) is 105 Å². The number of fused-ring (bicyclic) bond motifs is 1. The Morgan fingerprint density at radius 2 is 1.91 bits per heavy atom. The van der Waals surface area contributed by atoms with E-state index in [4.69, 9.17) is 4.43 Å². The van der Waals surface area contributed by atoms with E-state index in [1.807, 2.05) is 0 Å². The number of ether oxygens (including phenoxy) is 1. The van der Waals surface area contributed by atoms with E-state index in [9.17, 15) is 26.8 Å². The van der Waals surface area contributed by atoms with Crippen LogP contribution in [-0.4, -0.2) is 83.5 Å². The molecule has 1 saturated heterocycles. The molecule has 0 saturated carbocycles. The van der Waals surface area contributed by atoms with Crippen molar-refractivity contribution in [3.63, 3.8) is 0 Å². The molecule has 2 amide bonds. The van der Waals surface area contributed by atoms with Gasteiger partial charge in [0.1, 0.15) is 11.5 Å². The van der Waals surface area contributed by atoms with Crippen molar-refractivity contribution in [2.24, 2.45) is 0 Å². The third-order valence-electron chi connectivity index (χ3n) is 8.59. The van der Waals surface area contributed by atoms with Gasteiger partial charge in [-0.2, -0.15) is 8.78 Å². The van der Waals surface area contributed by atoms with E-state index < -0.39 is 42.5 Å². The van der Waals surface area contributed by atoms with Gasteiger partial charge in [-0.1, -0.05) is 39.0 Å². The van der Waals surface area contributed by atoms with Crippen molar-refractivity contribution in [2.45, 2.75) is 75.4 Å². The highest BCUT2D eigenvalue weighted by Gasteiger charge is 2.41. The summed E-state index contributed by atoms with van der Waals surface area (Å²) in [6.45, 7) is 9.98. The van der Waals surface area contributed by atoms with E-state index in [2.05, 4.69) is 48.8 Å². The average Bonchev–Trinajstić information content (AvgIpc) is 3.31. The minimum atomic E-state index is -3.74. The molecule has 1 fully saturated rings. The molecule has 0 unspecified atom stereocenters. The number of rotatable bonds is 10. The number of sulfone groups is 1. The molecule has 2 aliphatic rings. The van der Waals surface area contributed by atoms with Crippen molar-refractivity contribution in [2.75, 3.05) is 37.8 Å². The summed E-state index contributed by atoms with van der Waals surface area (Å²) in [5.74, 6) is -1.50. The molecule has 4 rings (SSSR count). The van der Waals surface area contributed by atoms with Crippen LogP contribution < -0.4 is 10.1 Å². The molecule has 0 radical (unpaired) electrons. The van der Waals surface area contributed by atoms with Gasteiger partial charge < -0.3 is 19.4 Å². The van der Waals surface area contributed by atoms with Crippen LogP contribution in [0, 0.1) is 0 Å². The third kappa shape index (κ3) is 8.00. The van der Waals surface area contributed by atoms with E-state index in [-0.39, 0.29) is 39.8 Å². The van der Waals surface area contributed by atoms with Gasteiger partial charge in [-0.3, -0.25) is 14.5 Å². The molecule has 0 bridgehead atoms. The second-order valence-electron chi connectivity index (χ2n) is 12.8. The summed E-state index contributed by atoms with van der Waals surface area (Å²) >= 11 is 0. The molecular weight excluding hydrogens is 596 g/mol. The molecule has 2 aromatic carbocycles. The molecule has 1 N–H and O–H groups in total. The lowest BCUT2D eigenvalue weighted by Crippen LogP contribution is -2.45. The number of alkyl halides is 2. The Balaban J connectivity index is 1.54. The van der Waals surface area contributed by atoms with Crippen molar-refractivity contribution in [1.82, 2.24) is 9.80 Å². The van der Waals surface area contributed by atoms with E-state index in [1.165, 1.54) is 24.3 Å². The Labute approximate surface area is 253 Å². The Hall–Kier alpha value is -2.87. The highest BCUT2D eigenvalue weighted by atomic mass is 32.2. The lowest BCUT2D eigenvalue weighted by molar-refractivity contribution is -0.131. The van der Waals surface area contributed by atoms with Crippen LogP contribution in [0.25, 0.3) is 0 Å². The standard InChI is InChI=1S/C30H41F2N3O6SSi/c1-30(2,3)43(5,6)41-23-12-13-35(17-23)18-25(21-8-7-9-22(16-21)40-29(31)32)34(4)28(37)15-20-10-11-26-24(14-20)33-27(36)19-42(26,38)39/h7-11,14,16,23,25,29H,12-13,15,17-19H2,1-6H3,(H,33,36)/t23-,25+/m0/s1. The molecular formula is C30H41F2N3O6SSi. The lowest BCUT2D eigenvalue weighted by Gasteiger charge is -2.38. The number of likely N-dealkylation sites (N-methyl/N-ethyl adjacent to an activating group) is 1. The average molecular weight is 638 g/mol. The Bertz CT molecular complexity index is 1460. The van der Waals surface area contributed by atoms with Crippen molar-refractivity contribution in [3.8, 4) is 5.75 Å². The van der Waals surface area contributed by atoms with Crippen LogP contribution in [0.15, 0.2) is 47.4 Å². The van der Waals surface area contributed by atoms with Crippen LogP contribution >= 0.6 is 0 Å². The molecule has 236 valence electrons. The maximum atomic E-state index is 13.6. The van der Waals surface area contributed by atoms with Gasteiger partial charge in [-0.05, 0) is 59.9 Å². The van der Waals surface area contributed by atoms with Crippen LogP contribution in [0.1, 0.15) is 44.4 Å². The van der Waals surface area contributed by atoms with Crippen LogP contribution in [0.2, 0.25) is 18.1 Å². The number of halogens is 2. The molecule has 0 spiro atoms. The summed E-state index contributed by atoms with van der Waals surface area (Å²) in [4.78, 5) is 29.4. The molecule has 2 atom stereocenters. The van der Waals surface area contributed by atoms with E-state index >= 15 is 0 Å². The first kappa shape index (κ1) is 33.0. The predicted octanol–water partition coefficient (Wildman–Crippen LogP) is 4.85. The fraction of sp³-hybridized carbons (Fsp3) is 0.533. The molecule has 0 aromatic heterocycles. The maximum Gasteiger partial charge on any atom is 0.387 e. The van der Waals surface area contributed by atoms with Gasteiger partial charge in [0.15, 0.2) is 18.2 Å². The number of nitrogens with zero attached hydrogens (tertiary/aromatic N) is 2. The second kappa shape index (κ2) is 12.6. The first-order valence-electron chi connectivity index (χ1n) is 14.3. The van der Waals surface area contributed by atoms with E-state index in [0.29, 0.717) is 24.2 Å². The Morgan fingerprint density at radius 1 is 1.19 bits per heavy atom. The zero-order chi connectivity index (χ0) is 31.7. The lowest BCUT2D eigenvalue weighted by atomic mass is 10.0. The van der Waals surface area contributed by atoms with Crippen LogP contribution in [0.5, 0.6) is 5.75 Å². The normalized spacial score (nSPS) is 19.6. The van der Waals surface area contributed by atoms with Gasteiger partial charge in [-0.15, -0.1) is 0 Å². The molecule has 9 nitrogen and oxygen atoms in total. The van der Waals surface area contributed by atoms with Crippen molar-refractivity contribution in [1.29, 1.82) is 0 Å². The van der Waals surface area contributed by atoms with Crippen LogP contribution in [0.4, 0.5) is 14.5 Å².